The van der Waals surface area contributed by atoms with Gasteiger partial charge in [0.1, 0.15) is 11.6 Å². The molecule has 0 spiro atoms. The van der Waals surface area contributed by atoms with Crippen LogP contribution in [0.5, 0.6) is 0 Å². The normalized spacial score (nSPS) is 13.3. The van der Waals surface area contributed by atoms with Gasteiger partial charge in [0.25, 0.3) is 11.8 Å². The Bertz CT molecular complexity index is 1180. The fourth-order valence-corrected chi connectivity index (χ4v) is 3.59. The van der Waals surface area contributed by atoms with E-state index >= 15 is 0 Å². The number of morpholine rings is 1. The van der Waals surface area contributed by atoms with Gasteiger partial charge in [-0.2, -0.15) is 0 Å². The van der Waals surface area contributed by atoms with E-state index in [2.05, 4.69) is 30.8 Å². The number of carbonyl (C=O) groups excluding carboxylic acids is 2. The molecule has 0 bridgehead atoms. The number of nitrogens with zero attached hydrogens (tertiary/aromatic N) is 3. The number of nitrogens with two attached hydrogens (primary N) is 1. The van der Waals surface area contributed by atoms with Gasteiger partial charge >= 0.3 is 0 Å². The lowest BCUT2D eigenvalue weighted by Gasteiger charge is -2.27. The summed E-state index contributed by atoms with van der Waals surface area (Å²) in [6.45, 7) is 5.74. The molecule has 35 heavy (non-hydrogen) atoms. The van der Waals surface area contributed by atoms with E-state index in [4.69, 9.17) is 10.5 Å². The number of anilines is 4. The summed E-state index contributed by atoms with van der Waals surface area (Å²) in [6, 6.07) is 12.2. The molecule has 0 saturated carbocycles. The number of ether oxygens (including phenoxy) is 1. The second kappa shape index (κ2) is 11.4. The molecule has 10 nitrogen and oxygen atoms in total. The first-order valence-corrected chi connectivity index (χ1v) is 11.5. The largest absolute Gasteiger partial charge is 0.378 e. The third-order valence-electron chi connectivity index (χ3n) is 5.56. The Balaban J connectivity index is 1.42. The Morgan fingerprint density at radius 3 is 2.54 bits per heavy atom. The molecule has 0 radical (unpaired) electrons. The predicted octanol–water partition coefficient (Wildman–Crippen LogP) is 2.50. The minimum absolute atomic E-state index is 0.257. The zero-order chi connectivity index (χ0) is 24.6. The molecule has 0 unspecified atom stereocenters. The zero-order valence-corrected chi connectivity index (χ0v) is 19.6. The van der Waals surface area contributed by atoms with Gasteiger partial charge in [-0.05, 0) is 48.9 Å². The molecule has 10 heteroatoms. The van der Waals surface area contributed by atoms with E-state index in [-0.39, 0.29) is 11.8 Å². The van der Waals surface area contributed by atoms with Crippen molar-refractivity contribution in [2.45, 2.75) is 6.92 Å². The van der Waals surface area contributed by atoms with Gasteiger partial charge in [-0.25, -0.2) is 9.97 Å². The summed E-state index contributed by atoms with van der Waals surface area (Å²) in [6.07, 6.45) is 3.13. The standard InChI is InChI=1S/C25H29N7O3/c1-17-2-4-20(15-21(17)31-25(34)19-3-5-22(29-16-19)27-9-7-26)30-24(33)18-6-8-28-23(14-18)32-10-12-35-13-11-32/h2-6,8,14-16H,7,9-13,26H2,1H3,(H,27,29)(H,30,33)(H,31,34). The molecule has 1 aliphatic rings. The summed E-state index contributed by atoms with van der Waals surface area (Å²) in [5.74, 6) is 0.850. The highest BCUT2D eigenvalue weighted by atomic mass is 16.5. The van der Waals surface area contributed by atoms with Crippen LogP contribution in [0.3, 0.4) is 0 Å². The van der Waals surface area contributed by atoms with Gasteiger partial charge in [0.15, 0.2) is 0 Å². The maximum atomic E-state index is 12.9. The molecule has 2 aromatic heterocycles. The van der Waals surface area contributed by atoms with Crippen molar-refractivity contribution in [2.24, 2.45) is 5.73 Å². The highest BCUT2D eigenvalue weighted by Gasteiger charge is 2.15. The van der Waals surface area contributed by atoms with Crippen LogP contribution in [-0.2, 0) is 4.74 Å². The molecule has 1 saturated heterocycles. The van der Waals surface area contributed by atoms with E-state index in [1.54, 1.807) is 42.6 Å². The van der Waals surface area contributed by atoms with Crippen LogP contribution in [0.25, 0.3) is 0 Å². The minimum atomic E-state index is -0.293. The Morgan fingerprint density at radius 1 is 1.00 bits per heavy atom. The van der Waals surface area contributed by atoms with Crippen molar-refractivity contribution >= 4 is 34.8 Å². The van der Waals surface area contributed by atoms with Gasteiger partial charge in [0.05, 0.1) is 18.8 Å². The second-order valence-electron chi connectivity index (χ2n) is 8.09. The summed E-state index contributed by atoms with van der Waals surface area (Å²) in [5, 5.41) is 8.86. The highest BCUT2D eigenvalue weighted by Crippen LogP contribution is 2.22. The molecule has 182 valence electrons. The van der Waals surface area contributed by atoms with Crippen molar-refractivity contribution in [3.8, 4) is 0 Å². The number of pyridine rings is 2. The van der Waals surface area contributed by atoms with Gasteiger partial charge in [0.2, 0.25) is 0 Å². The zero-order valence-electron chi connectivity index (χ0n) is 19.6. The van der Waals surface area contributed by atoms with Crippen molar-refractivity contribution < 1.29 is 14.3 Å². The van der Waals surface area contributed by atoms with Crippen LogP contribution >= 0.6 is 0 Å². The van der Waals surface area contributed by atoms with Crippen molar-refractivity contribution in [3.05, 3.63) is 71.5 Å². The van der Waals surface area contributed by atoms with E-state index in [0.29, 0.717) is 54.6 Å². The van der Waals surface area contributed by atoms with Crippen molar-refractivity contribution in [1.82, 2.24) is 9.97 Å². The first kappa shape index (κ1) is 24.1. The number of hydrogen-bond donors (Lipinski definition) is 4. The van der Waals surface area contributed by atoms with Crippen LogP contribution in [0.2, 0.25) is 0 Å². The smallest absolute Gasteiger partial charge is 0.257 e. The molecule has 0 aliphatic carbocycles. The molecule has 2 amide bonds. The third-order valence-corrected chi connectivity index (χ3v) is 5.56. The topological polar surface area (TPSA) is 134 Å². The molecular weight excluding hydrogens is 446 g/mol. The van der Waals surface area contributed by atoms with Crippen LogP contribution in [-0.4, -0.2) is 61.2 Å². The lowest BCUT2D eigenvalue weighted by atomic mass is 10.1. The van der Waals surface area contributed by atoms with Crippen molar-refractivity contribution in [3.63, 3.8) is 0 Å². The molecular formula is C25H29N7O3. The molecule has 3 aromatic rings. The van der Waals surface area contributed by atoms with E-state index < -0.39 is 0 Å². The summed E-state index contributed by atoms with van der Waals surface area (Å²) in [4.78, 5) is 36.4. The van der Waals surface area contributed by atoms with Crippen LogP contribution in [0.15, 0.2) is 54.9 Å². The van der Waals surface area contributed by atoms with Crippen LogP contribution in [0.1, 0.15) is 26.3 Å². The molecule has 1 aromatic carbocycles. The number of carbonyl (C=O) groups is 2. The summed E-state index contributed by atoms with van der Waals surface area (Å²) < 4.78 is 5.38. The molecule has 1 fully saturated rings. The number of benzene rings is 1. The molecule has 4 rings (SSSR count). The van der Waals surface area contributed by atoms with Gasteiger partial charge < -0.3 is 31.3 Å². The lowest BCUT2D eigenvalue weighted by Crippen LogP contribution is -2.36. The summed E-state index contributed by atoms with van der Waals surface area (Å²) in [5.41, 5.74) is 8.43. The number of aryl methyl sites for hydroxylation is 1. The van der Waals surface area contributed by atoms with Gasteiger partial charge in [0, 0.05) is 55.5 Å². The molecule has 0 atom stereocenters. The number of rotatable bonds is 8. The Labute approximate surface area is 203 Å². The lowest BCUT2D eigenvalue weighted by molar-refractivity contribution is 0.101. The first-order valence-electron chi connectivity index (χ1n) is 11.5. The van der Waals surface area contributed by atoms with E-state index in [1.165, 1.54) is 6.20 Å². The number of aromatic nitrogens is 2. The van der Waals surface area contributed by atoms with E-state index in [9.17, 15) is 9.59 Å². The SMILES string of the molecule is Cc1ccc(NC(=O)c2ccnc(N3CCOCC3)c2)cc1NC(=O)c1ccc(NCCN)nc1. The van der Waals surface area contributed by atoms with Gasteiger partial charge in [-0.1, -0.05) is 6.07 Å². The summed E-state index contributed by atoms with van der Waals surface area (Å²) >= 11 is 0. The third kappa shape index (κ3) is 6.31. The van der Waals surface area contributed by atoms with Crippen LogP contribution in [0.4, 0.5) is 23.0 Å². The average Bonchev–Trinajstić information content (AvgIpc) is 2.90. The Hall–Kier alpha value is -4.02. The number of hydrogen-bond acceptors (Lipinski definition) is 8. The van der Waals surface area contributed by atoms with Crippen molar-refractivity contribution in [2.75, 3.05) is 60.2 Å². The molecule has 3 heterocycles. The van der Waals surface area contributed by atoms with Crippen molar-refractivity contribution in [1.29, 1.82) is 0 Å². The van der Waals surface area contributed by atoms with Gasteiger partial charge in [-0.15, -0.1) is 0 Å². The molecule has 1 aliphatic heterocycles. The van der Waals surface area contributed by atoms with Gasteiger partial charge in [-0.3, -0.25) is 9.59 Å². The summed E-state index contributed by atoms with van der Waals surface area (Å²) in [7, 11) is 0. The number of amides is 2. The second-order valence-corrected chi connectivity index (χ2v) is 8.09. The van der Waals surface area contributed by atoms with Crippen LogP contribution < -0.4 is 26.6 Å². The highest BCUT2D eigenvalue weighted by molar-refractivity contribution is 6.07. The fourth-order valence-electron chi connectivity index (χ4n) is 3.59. The van der Waals surface area contributed by atoms with E-state index in [0.717, 1.165) is 24.5 Å². The Morgan fingerprint density at radius 2 is 1.80 bits per heavy atom. The van der Waals surface area contributed by atoms with E-state index in [1.807, 2.05) is 13.0 Å². The minimum Gasteiger partial charge on any atom is -0.378 e. The maximum absolute atomic E-state index is 12.9. The average molecular weight is 476 g/mol. The maximum Gasteiger partial charge on any atom is 0.257 e. The quantitative estimate of drug-likeness (QED) is 0.390. The fraction of sp³-hybridized carbons (Fsp3) is 0.280. The monoisotopic (exact) mass is 475 g/mol. The number of nitrogens with one attached hydrogen (secondary N) is 3. The first-order chi connectivity index (χ1) is 17.0. The van der Waals surface area contributed by atoms with Crippen LogP contribution in [0, 0.1) is 6.92 Å². The molecule has 5 N–H and O–H groups in total. The Kier molecular flexibility index (Phi) is 7.86. The predicted molar refractivity (Wildman–Crippen MR) is 136 cm³/mol.